The maximum atomic E-state index is 13.0. The number of aliphatic imine (C=N–C) groups is 1. The van der Waals surface area contributed by atoms with E-state index in [0.29, 0.717) is 12.5 Å². The third-order valence-electron chi connectivity index (χ3n) is 6.08. The number of hydrogen-bond donors (Lipinski definition) is 1. The van der Waals surface area contributed by atoms with Crippen molar-refractivity contribution in [1.82, 2.24) is 24.6 Å². The van der Waals surface area contributed by atoms with Crippen LogP contribution in [-0.4, -0.2) is 43.4 Å². The van der Waals surface area contributed by atoms with Gasteiger partial charge in [0.1, 0.15) is 11.6 Å². The number of aromatic nitrogens is 4. The zero-order chi connectivity index (χ0) is 22.9. The summed E-state index contributed by atoms with van der Waals surface area (Å²) in [4.78, 5) is 16.2. The van der Waals surface area contributed by atoms with E-state index in [1.54, 1.807) is 29.2 Å². The predicted molar refractivity (Wildman–Crippen MR) is 123 cm³/mol. The summed E-state index contributed by atoms with van der Waals surface area (Å²) in [6.45, 7) is 3.56. The normalized spacial score (nSPS) is 17.7. The molecule has 0 aliphatic carbocycles. The van der Waals surface area contributed by atoms with E-state index in [9.17, 15) is 8.78 Å². The molecule has 0 radical (unpaired) electrons. The Balaban J connectivity index is 1.35. The third kappa shape index (κ3) is 4.48. The van der Waals surface area contributed by atoms with Crippen molar-refractivity contribution in [2.24, 2.45) is 18.0 Å². The van der Waals surface area contributed by atoms with E-state index in [1.807, 2.05) is 26.1 Å². The minimum atomic E-state index is -2.44. The molecule has 1 unspecified atom stereocenters. The molecule has 0 saturated carbocycles. The lowest BCUT2D eigenvalue weighted by Gasteiger charge is -2.27. The van der Waals surface area contributed by atoms with Gasteiger partial charge in [-0.1, -0.05) is 24.3 Å². The van der Waals surface area contributed by atoms with Crippen molar-refractivity contribution < 1.29 is 8.78 Å². The van der Waals surface area contributed by atoms with Gasteiger partial charge in [0.05, 0.1) is 24.1 Å². The Morgan fingerprint density at radius 1 is 1.24 bits per heavy atom. The highest BCUT2D eigenvalue weighted by Crippen LogP contribution is 2.30. The molecule has 1 aromatic carbocycles. The van der Waals surface area contributed by atoms with Gasteiger partial charge in [-0.25, -0.2) is 23.7 Å². The zero-order valence-corrected chi connectivity index (χ0v) is 18.5. The van der Waals surface area contributed by atoms with Gasteiger partial charge in [0.15, 0.2) is 0 Å². The molecule has 0 bridgehead atoms. The minimum Gasteiger partial charge on any atom is -0.351 e. The van der Waals surface area contributed by atoms with Crippen molar-refractivity contribution in [2.75, 3.05) is 18.4 Å². The van der Waals surface area contributed by atoms with Crippen LogP contribution in [0.3, 0.4) is 0 Å². The molecule has 1 N–H and O–H groups in total. The lowest BCUT2D eigenvalue weighted by atomic mass is 9.93. The number of alkyl halides is 2. The number of fused-ring (bicyclic) bond motifs is 1. The molecule has 3 aromatic rings. The summed E-state index contributed by atoms with van der Waals surface area (Å²) in [5.74, 6) is 2.50. The Kier molecular flexibility index (Phi) is 5.62. The molecule has 7 nitrogen and oxygen atoms in total. The van der Waals surface area contributed by atoms with Gasteiger partial charge in [-0.15, -0.1) is 0 Å². The smallest absolute Gasteiger partial charge is 0.263 e. The fourth-order valence-electron chi connectivity index (χ4n) is 4.31. The van der Waals surface area contributed by atoms with Gasteiger partial charge < -0.3 is 10.2 Å². The number of benzene rings is 1. The third-order valence-corrected chi connectivity index (χ3v) is 6.08. The van der Waals surface area contributed by atoms with Crippen LogP contribution in [0.5, 0.6) is 0 Å². The number of hydrogen-bond acceptors (Lipinski definition) is 6. The monoisotopic (exact) mass is 449 g/mol. The van der Waals surface area contributed by atoms with E-state index in [-0.39, 0.29) is 11.5 Å². The number of nitrogens with zero attached hydrogens (tertiary/aromatic N) is 6. The van der Waals surface area contributed by atoms with E-state index >= 15 is 0 Å². The van der Waals surface area contributed by atoms with E-state index in [0.717, 1.165) is 53.6 Å². The maximum Gasteiger partial charge on any atom is 0.263 e. The predicted octanol–water partition coefficient (Wildman–Crippen LogP) is 4.41. The average Bonchev–Trinajstić information content (AvgIpc) is 3.40. The van der Waals surface area contributed by atoms with Crippen LogP contribution in [0, 0.1) is 12.8 Å². The van der Waals surface area contributed by atoms with Crippen LogP contribution in [-0.2, 0) is 13.5 Å². The van der Waals surface area contributed by atoms with Crippen molar-refractivity contribution in [3.05, 3.63) is 77.0 Å². The van der Waals surface area contributed by atoms with Crippen LogP contribution in [0.1, 0.15) is 35.2 Å². The summed E-state index contributed by atoms with van der Waals surface area (Å²) in [5.41, 5.74) is 3.71. The minimum absolute atomic E-state index is 0.0773. The van der Waals surface area contributed by atoms with Crippen LogP contribution in [0.15, 0.2) is 59.6 Å². The van der Waals surface area contributed by atoms with Crippen LogP contribution >= 0.6 is 0 Å². The first kappa shape index (κ1) is 21.2. The molecule has 33 heavy (non-hydrogen) atoms. The fraction of sp³-hybridized carbons (Fsp3) is 0.333. The quantitative estimate of drug-likeness (QED) is 0.604. The molecule has 2 aliphatic heterocycles. The number of rotatable bonds is 6. The van der Waals surface area contributed by atoms with Gasteiger partial charge in [-0.05, 0) is 42.9 Å². The molecule has 4 heterocycles. The summed E-state index contributed by atoms with van der Waals surface area (Å²) in [6.07, 6.45) is 4.92. The van der Waals surface area contributed by atoms with E-state index in [1.165, 1.54) is 6.07 Å². The largest absolute Gasteiger partial charge is 0.351 e. The SMILES string of the molecule is Cc1cnc(Nc2ccnn2C)nc1C1=NC2=CC(Cc3cccc(C(F)F)c3)CCN2C1. The van der Waals surface area contributed by atoms with Gasteiger partial charge in [-0.3, -0.25) is 4.68 Å². The second-order valence-corrected chi connectivity index (χ2v) is 8.49. The molecule has 1 atom stereocenters. The number of allylic oxidation sites excluding steroid dienone is 1. The van der Waals surface area contributed by atoms with Crippen LogP contribution in [0.2, 0.25) is 0 Å². The van der Waals surface area contributed by atoms with Crippen molar-refractivity contribution in [1.29, 1.82) is 0 Å². The molecule has 5 rings (SSSR count). The molecule has 170 valence electrons. The van der Waals surface area contributed by atoms with E-state index in [2.05, 4.69) is 26.4 Å². The topological polar surface area (TPSA) is 71.2 Å². The summed E-state index contributed by atoms with van der Waals surface area (Å²) < 4.78 is 27.8. The number of halogens is 2. The van der Waals surface area contributed by atoms with Gasteiger partial charge >= 0.3 is 0 Å². The molecule has 0 spiro atoms. The van der Waals surface area contributed by atoms with Gasteiger partial charge in [-0.2, -0.15) is 5.10 Å². The number of anilines is 2. The highest BCUT2D eigenvalue weighted by Gasteiger charge is 2.28. The Morgan fingerprint density at radius 2 is 2.12 bits per heavy atom. The molecule has 2 aromatic heterocycles. The Bertz CT molecular complexity index is 1230. The van der Waals surface area contributed by atoms with Crippen LogP contribution < -0.4 is 5.32 Å². The number of nitrogens with one attached hydrogen (secondary N) is 1. The van der Waals surface area contributed by atoms with Crippen LogP contribution in [0.4, 0.5) is 20.5 Å². The van der Waals surface area contributed by atoms with Crippen molar-refractivity contribution >= 4 is 17.5 Å². The first-order valence-corrected chi connectivity index (χ1v) is 11.0. The fourth-order valence-corrected chi connectivity index (χ4v) is 4.31. The molecule has 0 amide bonds. The van der Waals surface area contributed by atoms with Crippen LogP contribution in [0.25, 0.3) is 0 Å². The lowest BCUT2D eigenvalue weighted by Crippen LogP contribution is -2.29. The summed E-state index contributed by atoms with van der Waals surface area (Å²) in [7, 11) is 1.85. The Labute approximate surface area is 190 Å². The van der Waals surface area contributed by atoms with Gasteiger partial charge in [0.2, 0.25) is 5.95 Å². The summed E-state index contributed by atoms with van der Waals surface area (Å²) in [5, 5.41) is 7.35. The molecule has 0 fully saturated rings. The Morgan fingerprint density at radius 3 is 2.91 bits per heavy atom. The van der Waals surface area contributed by atoms with Crippen molar-refractivity contribution in [2.45, 2.75) is 26.2 Å². The Hall–Kier alpha value is -3.62. The average molecular weight is 450 g/mol. The number of aryl methyl sites for hydroxylation is 2. The second-order valence-electron chi connectivity index (χ2n) is 8.49. The standard InChI is InChI=1S/C24H25F2N7/c1-15-13-27-24(30-20-6-8-28-32(20)2)31-22(15)19-14-33-9-7-17(12-21(33)29-19)10-16-4-3-5-18(11-16)23(25)26/h3-6,8,11-13,17,23H,7,9-10,14H2,1-2H3,(H,27,30,31). The second kappa shape index (κ2) is 8.73. The van der Waals surface area contributed by atoms with E-state index in [4.69, 9.17) is 9.98 Å². The molecule has 0 saturated heterocycles. The van der Waals surface area contributed by atoms with E-state index < -0.39 is 6.43 Å². The lowest BCUT2D eigenvalue weighted by molar-refractivity contribution is 0.151. The first-order chi connectivity index (χ1) is 16.0. The molecule has 9 heteroatoms. The summed E-state index contributed by atoms with van der Waals surface area (Å²) >= 11 is 0. The van der Waals surface area contributed by atoms with Gasteiger partial charge in [0.25, 0.3) is 6.43 Å². The highest BCUT2D eigenvalue weighted by molar-refractivity contribution is 6.03. The van der Waals surface area contributed by atoms with Crippen molar-refractivity contribution in [3.8, 4) is 0 Å². The molecule has 2 aliphatic rings. The molecular weight excluding hydrogens is 424 g/mol. The highest BCUT2D eigenvalue weighted by atomic mass is 19.3. The summed E-state index contributed by atoms with van der Waals surface area (Å²) in [6, 6.07) is 8.57. The van der Waals surface area contributed by atoms with Crippen molar-refractivity contribution in [3.63, 3.8) is 0 Å². The zero-order valence-electron chi connectivity index (χ0n) is 18.5. The molecular formula is C24H25F2N7. The first-order valence-electron chi connectivity index (χ1n) is 11.0. The maximum absolute atomic E-state index is 13.0. The van der Waals surface area contributed by atoms with Gasteiger partial charge in [0, 0.05) is 31.4 Å².